The first-order valence-electron chi connectivity index (χ1n) is 11.0. The SMILES string of the molecule is CS(=O)(=O)c1ccccc1-c1ccc(NC(=O)OC2(Nc3cccc(C#N)c3)CCOCC2)cc1. The summed E-state index contributed by atoms with van der Waals surface area (Å²) in [6.07, 6.45) is 1.42. The molecule has 9 heteroatoms. The summed E-state index contributed by atoms with van der Waals surface area (Å²) in [6.45, 7) is 0.847. The Bertz CT molecular complexity index is 1360. The minimum atomic E-state index is -3.39. The lowest BCUT2D eigenvalue weighted by molar-refractivity contribution is -0.0495. The number of anilines is 2. The summed E-state index contributed by atoms with van der Waals surface area (Å²) in [4.78, 5) is 13.0. The van der Waals surface area contributed by atoms with Crippen LogP contribution in [-0.4, -0.2) is 39.7 Å². The Kier molecular flexibility index (Phi) is 7.05. The molecule has 1 saturated heterocycles. The van der Waals surface area contributed by atoms with E-state index in [2.05, 4.69) is 16.7 Å². The number of hydrogen-bond donors (Lipinski definition) is 2. The number of carbonyl (C=O) groups excluding carboxylic acids is 1. The molecule has 8 nitrogen and oxygen atoms in total. The largest absolute Gasteiger partial charge is 0.423 e. The molecule has 0 bridgehead atoms. The van der Waals surface area contributed by atoms with E-state index in [0.717, 1.165) is 0 Å². The van der Waals surface area contributed by atoms with E-state index in [1.165, 1.54) is 6.26 Å². The Hall–Kier alpha value is -3.87. The first kappa shape index (κ1) is 24.3. The molecule has 0 saturated carbocycles. The molecule has 1 heterocycles. The van der Waals surface area contributed by atoms with Gasteiger partial charge in [-0.05, 0) is 42.0 Å². The van der Waals surface area contributed by atoms with Crippen molar-refractivity contribution in [3.05, 3.63) is 78.4 Å². The second-order valence-corrected chi connectivity index (χ2v) is 10.3. The molecule has 3 aromatic carbocycles. The van der Waals surface area contributed by atoms with Gasteiger partial charge >= 0.3 is 6.09 Å². The molecule has 1 amide bonds. The molecule has 1 fully saturated rings. The van der Waals surface area contributed by atoms with Gasteiger partial charge in [0, 0.05) is 36.0 Å². The summed E-state index contributed by atoms with van der Waals surface area (Å²) >= 11 is 0. The number of carbonyl (C=O) groups is 1. The zero-order valence-electron chi connectivity index (χ0n) is 19.2. The number of amides is 1. The van der Waals surface area contributed by atoms with Gasteiger partial charge in [0.25, 0.3) is 0 Å². The molecule has 0 aliphatic carbocycles. The summed E-state index contributed by atoms with van der Waals surface area (Å²) in [5.74, 6) is 0. The van der Waals surface area contributed by atoms with Crippen molar-refractivity contribution in [1.82, 2.24) is 0 Å². The van der Waals surface area contributed by atoms with Gasteiger partial charge in [0.1, 0.15) is 0 Å². The van der Waals surface area contributed by atoms with Gasteiger partial charge in [-0.25, -0.2) is 13.2 Å². The van der Waals surface area contributed by atoms with Crippen LogP contribution in [0.4, 0.5) is 16.2 Å². The summed E-state index contributed by atoms with van der Waals surface area (Å²) in [7, 11) is -3.39. The molecule has 0 spiro atoms. The maximum atomic E-state index is 12.8. The first-order valence-corrected chi connectivity index (χ1v) is 12.9. The van der Waals surface area contributed by atoms with Crippen molar-refractivity contribution in [2.75, 3.05) is 30.1 Å². The Labute approximate surface area is 204 Å². The fourth-order valence-electron chi connectivity index (χ4n) is 3.97. The highest BCUT2D eigenvalue weighted by atomic mass is 32.2. The van der Waals surface area contributed by atoms with E-state index in [1.54, 1.807) is 66.7 Å². The van der Waals surface area contributed by atoms with E-state index in [4.69, 9.17) is 14.7 Å². The van der Waals surface area contributed by atoms with E-state index in [0.29, 0.717) is 54.1 Å². The molecule has 1 aliphatic rings. The van der Waals surface area contributed by atoms with E-state index >= 15 is 0 Å². The number of benzene rings is 3. The Balaban J connectivity index is 1.48. The maximum absolute atomic E-state index is 12.8. The Morgan fingerprint density at radius 1 is 1.00 bits per heavy atom. The lowest BCUT2D eigenvalue weighted by atomic mass is 10.0. The van der Waals surface area contributed by atoms with Gasteiger partial charge in [0.15, 0.2) is 15.6 Å². The van der Waals surface area contributed by atoms with Gasteiger partial charge in [-0.15, -0.1) is 0 Å². The van der Waals surface area contributed by atoms with E-state index in [9.17, 15) is 13.2 Å². The van der Waals surface area contributed by atoms with Gasteiger partial charge in [-0.2, -0.15) is 5.26 Å². The summed E-state index contributed by atoms with van der Waals surface area (Å²) < 4.78 is 35.5. The smallest absolute Gasteiger partial charge is 0.413 e. The molecular formula is C26H25N3O5S. The number of ether oxygens (including phenoxy) is 2. The minimum absolute atomic E-state index is 0.244. The van der Waals surface area contributed by atoms with Crippen molar-refractivity contribution in [2.45, 2.75) is 23.5 Å². The molecule has 35 heavy (non-hydrogen) atoms. The topological polar surface area (TPSA) is 118 Å². The third-order valence-electron chi connectivity index (χ3n) is 5.68. The second kappa shape index (κ2) is 10.2. The first-order chi connectivity index (χ1) is 16.8. The molecule has 3 aromatic rings. The van der Waals surface area contributed by atoms with Gasteiger partial charge in [-0.1, -0.05) is 36.4 Å². The van der Waals surface area contributed by atoms with Crippen LogP contribution in [0.2, 0.25) is 0 Å². The maximum Gasteiger partial charge on any atom is 0.413 e. The van der Waals surface area contributed by atoms with E-state index in [1.807, 2.05) is 6.07 Å². The highest BCUT2D eigenvalue weighted by Crippen LogP contribution is 2.30. The number of rotatable bonds is 6. The molecule has 0 atom stereocenters. The van der Waals surface area contributed by atoms with Crippen LogP contribution < -0.4 is 10.6 Å². The number of nitrogens with zero attached hydrogens (tertiary/aromatic N) is 1. The van der Waals surface area contributed by atoms with Crippen LogP contribution in [0.3, 0.4) is 0 Å². The van der Waals surface area contributed by atoms with Crippen LogP contribution in [0, 0.1) is 11.3 Å². The van der Waals surface area contributed by atoms with Crippen LogP contribution in [-0.2, 0) is 19.3 Å². The monoisotopic (exact) mass is 491 g/mol. The molecule has 0 aromatic heterocycles. The third kappa shape index (κ3) is 5.98. The predicted molar refractivity (Wildman–Crippen MR) is 133 cm³/mol. The number of sulfone groups is 1. The number of nitriles is 1. The zero-order chi connectivity index (χ0) is 24.9. The molecule has 4 rings (SSSR count). The summed E-state index contributed by atoms with van der Waals surface area (Å²) in [6, 6.07) is 22.7. The van der Waals surface area contributed by atoms with Gasteiger partial charge in [0.05, 0.1) is 29.7 Å². The van der Waals surface area contributed by atoms with Gasteiger partial charge in [0.2, 0.25) is 0 Å². The van der Waals surface area contributed by atoms with Crippen LogP contribution in [0.5, 0.6) is 0 Å². The van der Waals surface area contributed by atoms with Crippen molar-refractivity contribution in [1.29, 1.82) is 5.26 Å². The second-order valence-electron chi connectivity index (χ2n) is 8.28. The molecule has 0 radical (unpaired) electrons. The minimum Gasteiger partial charge on any atom is -0.423 e. The Morgan fingerprint density at radius 2 is 1.71 bits per heavy atom. The average Bonchev–Trinajstić information content (AvgIpc) is 2.84. The fraction of sp³-hybridized carbons (Fsp3) is 0.231. The molecule has 2 N–H and O–H groups in total. The van der Waals surface area contributed by atoms with Crippen molar-refractivity contribution in [3.8, 4) is 17.2 Å². The molecular weight excluding hydrogens is 466 g/mol. The highest BCUT2D eigenvalue weighted by Gasteiger charge is 2.37. The van der Waals surface area contributed by atoms with Gasteiger partial charge in [-0.3, -0.25) is 5.32 Å². The van der Waals surface area contributed by atoms with E-state index in [-0.39, 0.29) is 4.90 Å². The van der Waals surface area contributed by atoms with Crippen molar-refractivity contribution in [2.24, 2.45) is 0 Å². The number of hydrogen-bond acceptors (Lipinski definition) is 7. The van der Waals surface area contributed by atoms with E-state index < -0.39 is 21.7 Å². The zero-order valence-corrected chi connectivity index (χ0v) is 20.0. The van der Waals surface area contributed by atoms with Gasteiger partial charge < -0.3 is 14.8 Å². The lowest BCUT2D eigenvalue weighted by Gasteiger charge is -2.37. The van der Waals surface area contributed by atoms with Crippen molar-refractivity contribution < 1.29 is 22.7 Å². The highest BCUT2D eigenvalue weighted by molar-refractivity contribution is 7.90. The van der Waals surface area contributed by atoms with Crippen LogP contribution in [0.15, 0.2) is 77.7 Å². The Morgan fingerprint density at radius 3 is 2.40 bits per heavy atom. The normalized spacial score (nSPS) is 15.0. The fourth-order valence-corrected chi connectivity index (χ4v) is 4.88. The average molecular weight is 492 g/mol. The molecule has 180 valence electrons. The lowest BCUT2D eigenvalue weighted by Crippen LogP contribution is -2.48. The van der Waals surface area contributed by atoms with Crippen LogP contribution in [0.1, 0.15) is 18.4 Å². The van der Waals surface area contributed by atoms with Crippen LogP contribution >= 0.6 is 0 Å². The quantitative estimate of drug-likeness (QED) is 0.476. The molecule has 0 unspecified atom stereocenters. The van der Waals surface area contributed by atoms with Crippen LogP contribution in [0.25, 0.3) is 11.1 Å². The summed E-state index contributed by atoms with van der Waals surface area (Å²) in [5, 5.41) is 15.2. The number of nitrogens with one attached hydrogen (secondary N) is 2. The standard InChI is InChI=1S/C26H25N3O5S/c1-35(31,32)24-8-3-2-7-23(24)20-9-11-21(12-10-20)28-25(30)34-26(13-15-33-16-14-26)29-22-6-4-5-19(17-22)18-27/h2-12,17,29H,13-16H2,1H3,(H,28,30). The molecule has 1 aliphatic heterocycles. The third-order valence-corrected chi connectivity index (χ3v) is 6.84. The van der Waals surface area contributed by atoms with Crippen molar-refractivity contribution in [3.63, 3.8) is 0 Å². The predicted octanol–water partition coefficient (Wildman–Crippen LogP) is 4.80. The summed E-state index contributed by atoms with van der Waals surface area (Å²) in [5.41, 5.74) is 2.00. The van der Waals surface area contributed by atoms with Crippen molar-refractivity contribution >= 4 is 27.3 Å².